The van der Waals surface area contributed by atoms with Gasteiger partial charge in [-0.15, -0.1) is 0 Å². The lowest BCUT2D eigenvalue weighted by Crippen LogP contribution is -2.37. The number of anilines is 1. The number of hydrogen-bond donors (Lipinski definition) is 2. The van der Waals surface area contributed by atoms with Gasteiger partial charge in [0.05, 0.1) is 20.3 Å². The van der Waals surface area contributed by atoms with Crippen molar-refractivity contribution >= 4 is 39.5 Å². The summed E-state index contributed by atoms with van der Waals surface area (Å²) in [5.41, 5.74) is -0.146. The molecule has 2 N–H and O–H groups in total. The van der Waals surface area contributed by atoms with E-state index in [0.29, 0.717) is 6.42 Å². The second-order valence-electron chi connectivity index (χ2n) is 6.27. The van der Waals surface area contributed by atoms with Crippen molar-refractivity contribution in [2.75, 3.05) is 26.1 Å². The smallest absolute Gasteiger partial charge is 0.335 e. The van der Waals surface area contributed by atoms with E-state index in [4.69, 9.17) is 30.6 Å². The first-order valence-corrected chi connectivity index (χ1v) is 10.9. The second-order valence-corrected chi connectivity index (χ2v) is 8.23. The van der Waals surface area contributed by atoms with E-state index >= 15 is 0 Å². The van der Waals surface area contributed by atoms with E-state index < -0.39 is 21.1 Å². The largest absolute Gasteiger partial charge is 0.481 e. The molecule has 1 atom stereocenters. The maximum absolute atomic E-state index is 13.0. The van der Waals surface area contributed by atoms with Crippen LogP contribution in [0.1, 0.15) is 18.9 Å². The van der Waals surface area contributed by atoms with E-state index in [1.54, 1.807) is 0 Å². The van der Waals surface area contributed by atoms with Crippen molar-refractivity contribution in [2.45, 2.75) is 24.5 Å². The molecule has 0 radical (unpaired) electrons. The molecule has 1 unspecified atom stereocenters. The molecule has 1 aliphatic rings. The van der Waals surface area contributed by atoms with Gasteiger partial charge in [-0.1, -0.05) is 18.5 Å². The molecule has 0 saturated carbocycles. The lowest BCUT2D eigenvalue weighted by molar-refractivity contribution is 0.00900. The fourth-order valence-electron chi connectivity index (χ4n) is 2.63. The summed E-state index contributed by atoms with van der Waals surface area (Å²) < 4.78 is 44.4. The van der Waals surface area contributed by atoms with Gasteiger partial charge in [-0.05, 0) is 11.6 Å². The molecule has 174 valence electrons. The summed E-state index contributed by atoms with van der Waals surface area (Å²) >= 11 is 6.12. The Hall–Kier alpha value is -3.33. The van der Waals surface area contributed by atoms with Crippen LogP contribution in [0.3, 0.4) is 0 Å². The predicted octanol–water partition coefficient (Wildman–Crippen LogP) is 0.878. The molecule has 0 spiro atoms. The molecule has 0 aromatic carbocycles. The lowest BCUT2D eigenvalue weighted by atomic mass is 10.3. The molecule has 14 nitrogen and oxygen atoms in total. The Morgan fingerprint density at radius 1 is 1.31 bits per heavy atom. The summed E-state index contributed by atoms with van der Waals surface area (Å²) in [6, 6.07) is 0.220. The third-order valence-electron chi connectivity index (χ3n) is 4.11. The molecule has 0 saturated heterocycles. The fourth-order valence-corrected chi connectivity index (χ4v) is 4.20. The van der Waals surface area contributed by atoms with Gasteiger partial charge in [-0.2, -0.15) is 23.5 Å². The van der Waals surface area contributed by atoms with E-state index in [9.17, 15) is 13.2 Å². The van der Waals surface area contributed by atoms with Crippen LogP contribution in [0.15, 0.2) is 16.2 Å². The summed E-state index contributed by atoms with van der Waals surface area (Å²) in [7, 11) is -0.465. The Morgan fingerprint density at radius 2 is 1.97 bits per heavy atom. The first-order valence-electron chi connectivity index (χ1n) is 9.08. The third kappa shape index (κ3) is 4.94. The van der Waals surface area contributed by atoms with Crippen molar-refractivity contribution in [1.82, 2.24) is 24.5 Å². The van der Waals surface area contributed by atoms with Crippen LogP contribution >= 0.6 is 11.6 Å². The molecule has 32 heavy (non-hydrogen) atoms. The number of carbonyl (C=O) groups is 1. The third-order valence-corrected chi connectivity index (χ3v) is 5.81. The summed E-state index contributed by atoms with van der Waals surface area (Å²) in [5.74, 6) is -0.235. The fraction of sp³-hybridized carbons (Fsp3) is 0.438. The first-order chi connectivity index (χ1) is 15.2. The number of halogens is 1. The molecule has 1 aliphatic heterocycles. The van der Waals surface area contributed by atoms with Gasteiger partial charge in [0.2, 0.25) is 17.7 Å². The monoisotopic (exact) mass is 489 g/mol. The van der Waals surface area contributed by atoms with E-state index in [-0.39, 0.29) is 47.0 Å². The van der Waals surface area contributed by atoms with Crippen molar-refractivity contribution in [3.63, 3.8) is 0 Å². The Bertz CT molecular complexity index is 1130. The van der Waals surface area contributed by atoms with E-state index in [2.05, 4.69) is 25.5 Å². The number of hydrogen-bond acceptors (Lipinski definition) is 11. The van der Waals surface area contributed by atoms with Crippen LogP contribution < -0.4 is 19.5 Å². The van der Waals surface area contributed by atoms with Crippen molar-refractivity contribution in [3.05, 3.63) is 16.8 Å². The number of oxime groups is 1. The lowest BCUT2D eigenvalue weighted by Gasteiger charge is -2.22. The molecule has 2 aromatic rings. The molecular weight excluding hydrogens is 470 g/mol. The van der Waals surface area contributed by atoms with Gasteiger partial charge >= 0.3 is 6.03 Å². The highest BCUT2D eigenvalue weighted by molar-refractivity contribution is 7.90. The number of aryl methyl sites for hydroxylation is 1. The molecule has 0 bridgehead atoms. The summed E-state index contributed by atoms with van der Waals surface area (Å²) in [6.45, 7) is 2.06. The molecule has 3 rings (SSSR count). The highest BCUT2D eigenvalue weighted by Gasteiger charge is 2.34. The maximum Gasteiger partial charge on any atom is 0.335 e. The normalized spacial score (nSPS) is 15.8. The Morgan fingerprint density at radius 3 is 2.56 bits per heavy atom. The highest BCUT2D eigenvalue weighted by atomic mass is 35.5. The first kappa shape index (κ1) is 23.3. The van der Waals surface area contributed by atoms with Crippen LogP contribution in [0.5, 0.6) is 11.8 Å². The average Bonchev–Trinajstić information content (AvgIpc) is 3.07. The minimum Gasteiger partial charge on any atom is -0.481 e. The Kier molecular flexibility index (Phi) is 6.88. The summed E-state index contributed by atoms with van der Waals surface area (Å²) in [4.78, 5) is 25.3. The van der Waals surface area contributed by atoms with E-state index in [1.807, 2.05) is 11.6 Å². The number of nitrogens with zero attached hydrogens (tertiary/aromatic N) is 5. The zero-order valence-corrected chi connectivity index (χ0v) is 19.0. The molecule has 3 heterocycles. The van der Waals surface area contributed by atoms with Crippen LogP contribution in [0.2, 0.25) is 5.15 Å². The number of nitrogens with one attached hydrogen (secondary N) is 2. The van der Waals surface area contributed by atoms with Crippen LogP contribution in [-0.4, -0.2) is 67.0 Å². The molecular formula is C16H20ClN7O7S. The standard InChI is InChI=1S/C16H20ClN7O7S/c1-5-8-7-30-22-13(31-8)11-12(17)21-24(2)14(11)32(26,27)23-16(25)20-15-18-9(28-3)6-10(19-15)29-4/h6,8H,5,7H2,1-4H3,(H2,18,19,20,23,25). The zero-order valence-electron chi connectivity index (χ0n) is 17.4. The quantitative estimate of drug-likeness (QED) is 0.569. The van der Waals surface area contributed by atoms with Crippen LogP contribution in [-0.2, 0) is 26.6 Å². The number of urea groups is 1. The van der Waals surface area contributed by atoms with Gasteiger partial charge in [-0.25, -0.2) is 9.52 Å². The van der Waals surface area contributed by atoms with Gasteiger partial charge in [0.25, 0.3) is 15.9 Å². The number of carbonyl (C=O) groups excluding carboxylic acids is 1. The van der Waals surface area contributed by atoms with Crippen molar-refractivity contribution < 1.29 is 32.3 Å². The van der Waals surface area contributed by atoms with Crippen LogP contribution in [0, 0.1) is 0 Å². The van der Waals surface area contributed by atoms with Crippen LogP contribution in [0.4, 0.5) is 10.7 Å². The Balaban J connectivity index is 1.88. The van der Waals surface area contributed by atoms with Gasteiger partial charge in [0, 0.05) is 7.05 Å². The van der Waals surface area contributed by atoms with Gasteiger partial charge < -0.3 is 19.0 Å². The number of aromatic nitrogens is 4. The van der Waals surface area contributed by atoms with E-state index in [1.165, 1.54) is 27.3 Å². The summed E-state index contributed by atoms with van der Waals surface area (Å²) in [5, 5.41) is 9.18. The molecule has 16 heteroatoms. The SMILES string of the molecule is CCC1CON=C(c2c(Cl)nn(C)c2S(=O)(=O)NC(=O)Nc2nc(OC)cc(OC)n2)O1. The van der Waals surface area contributed by atoms with E-state index in [0.717, 1.165) is 4.68 Å². The van der Waals surface area contributed by atoms with Crippen molar-refractivity contribution in [2.24, 2.45) is 12.2 Å². The average molecular weight is 490 g/mol. The van der Waals surface area contributed by atoms with Crippen molar-refractivity contribution in [1.29, 1.82) is 0 Å². The maximum atomic E-state index is 13.0. The van der Waals surface area contributed by atoms with Gasteiger partial charge in [-0.3, -0.25) is 10.00 Å². The van der Waals surface area contributed by atoms with Gasteiger partial charge in [0.1, 0.15) is 11.7 Å². The number of rotatable bonds is 7. The molecule has 0 fully saturated rings. The number of amides is 2. The second kappa shape index (κ2) is 9.44. The van der Waals surface area contributed by atoms with Crippen LogP contribution in [0.25, 0.3) is 0 Å². The van der Waals surface area contributed by atoms with Gasteiger partial charge in [0.15, 0.2) is 16.8 Å². The van der Waals surface area contributed by atoms with Crippen molar-refractivity contribution in [3.8, 4) is 11.8 Å². The number of ether oxygens (including phenoxy) is 3. The highest BCUT2D eigenvalue weighted by Crippen LogP contribution is 2.27. The molecule has 0 aliphatic carbocycles. The zero-order chi connectivity index (χ0) is 23.5. The topological polar surface area (TPSA) is 168 Å². The predicted molar refractivity (Wildman–Crippen MR) is 110 cm³/mol. The minimum atomic E-state index is -4.51. The number of sulfonamides is 1. The molecule has 2 aromatic heterocycles. The number of methoxy groups -OCH3 is 2. The Labute approximate surface area is 187 Å². The molecule has 2 amide bonds. The summed E-state index contributed by atoms with van der Waals surface area (Å²) in [6.07, 6.45) is 0.231. The minimum absolute atomic E-state index is 0.0913.